The number of nitrogens with zero attached hydrogens (tertiary/aromatic N) is 1. The van der Waals surface area contributed by atoms with Gasteiger partial charge in [-0.1, -0.05) is 29.8 Å². The molecular formula is C19H23NO. The monoisotopic (exact) mass is 281 g/mol. The fourth-order valence-corrected chi connectivity index (χ4v) is 3.03. The highest BCUT2D eigenvalue weighted by Crippen LogP contribution is 2.34. The molecule has 2 aromatic rings. The van der Waals surface area contributed by atoms with Gasteiger partial charge < -0.3 is 4.74 Å². The molecule has 1 aromatic heterocycles. The molecule has 21 heavy (non-hydrogen) atoms. The largest absolute Gasteiger partial charge is 0.372 e. The summed E-state index contributed by atoms with van der Waals surface area (Å²) in [6, 6.07) is 12.8. The van der Waals surface area contributed by atoms with Crippen LogP contribution in [0.25, 0.3) is 11.3 Å². The molecule has 1 aromatic carbocycles. The van der Waals surface area contributed by atoms with Gasteiger partial charge in [-0.15, -0.1) is 0 Å². The van der Waals surface area contributed by atoms with Gasteiger partial charge in [0.15, 0.2) is 0 Å². The van der Waals surface area contributed by atoms with Crippen molar-refractivity contribution in [3.8, 4) is 11.3 Å². The lowest BCUT2D eigenvalue weighted by Crippen LogP contribution is -2.45. The predicted molar refractivity (Wildman–Crippen MR) is 86.3 cm³/mol. The third kappa shape index (κ3) is 3.51. The quantitative estimate of drug-likeness (QED) is 0.819. The lowest BCUT2D eigenvalue weighted by atomic mass is 9.90. The maximum atomic E-state index is 5.83. The Labute approximate surface area is 127 Å². The molecule has 2 heterocycles. The maximum Gasteiger partial charge on any atom is 0.0702 e. The van der Waals surface area contributed by atoms with Gasteiger partial charge in [0.05, 0.1) is 17.4 Å². The Morgan fingerprint density at radius 3 is 2.67 bits per heavy atom. The molecule has 0 amide bonds. The van der Waals surface area contributed by atoms with E-state index in [-0.39, 0.29) is 5.60 Å². The Kier molecular flexibility index (Phi) is 3.81. The van der Waals surface area contributed by atoms with Crippen molar-refractivity contribution in [2.24, 2.45) is 0 Å². The van der Waals surface area contributed by atoms with Crippen LogP contribution in [0.5, 0.6) is 0 Å². The molecule has 2 heteroatoms. The summed E-state index contributed by atoms with van der Waals surface area (Å²) in [6.45, 7) is 6.42. The number of ether oxygens (including phenoxy) is 1. The molecule has 0 aliphatic carbocycles. The van der Waals surface area contributed by atoms with Crippen LogP contribution in [0.3, 0.4) is 0 Å². The molecule has 0 radical (unpaired) electrons. The van der Waals surface area contributed by atoms with Gasteiger partial charge in [0.1, 0.15) is 0 Å². The highest BCUT2D eigenvalue weighted by molar-refractivity contribution is 5.59. The van der Waals surface area contributed by atoms with Crippen LogP contribution in [0.2, 0.25) is 0 Å². The van der Waals surface area contributed by atoms with Gasteiger partial charge in [-0.25, -0.2) is 0 Å². The number of benzene rings is 1. The molecule has 110 valence electrons. The van der Waals surface area contributed by atoms with Gasteiger partial charge in [0.25, 0.3) is 0 Å². The summed E-state index contributed by atoms with van der Waals surface area (Å²) in [6.07, 6.45) is 5.73. The zero-order valence-electron chi connectivity index (χ0n) is 13.1. The van der Waals surface area contributed by atoms with Crippen LogP contribution in [0, 0.1) is 6.92 Å². The molecule has 1 saturated heterocycles. The summed E-state index contributed by atoms with van der Waals surface area (Å²) in [4.78, 5) is 4.60. The van der Waals surface area contributed by atoms with Crippen molar-refractivity contribution in [1.29, 1.82) is 0 Å². The third-order valence-corrected chi connectivity index (χ3v) is 4.10. The first-order valence-electron chi connectivity index (χ1n) is 7.72. The molecule has 2 nitrogen and oxygen atoms in total. The summed E-state index contributed by atoms with van der Waals surface area (Å²) in [5.74, 6) is 0. The molecule has 0 spiro atoms. The third-order valence-electron chi connectivity index (χ3n) is 4.10. The highest BCUT2D eigenvalue weighted by atomic mass is 16.5. The molecule has 0 saturated carbocycles. The van der Waals surface area contributed by atoms with Crippen LogP contribution in [-0.2, 0) is 11.2 Å². The van der Waals surface area contributed by atoms with E-state index in [0.717, 1.165) is 18.5 Å². The Bertz CT molecular complexity index is 608. The van der Waals surface area contributed by atoms with Crippen LogP contribution in [-0.4, -0.2) is 16.7 Å². The molecule has 1 aliphatic rings. The molecule has 1 unspecified atom stereocenters. The van der Waals surface area contributed by atoms with Crippen molar-refractivity contribution in [2.45, 2.75) is 51.7 Å². The second kappa shape index (κ2) is 5.61. The topological polar surface area (TPSA) is 22.1 Å². The van der Waals surface area contributed by atoms with Crippen LogP contribution >= 0.6 is 0 Å². The van der Waals surface area contributed by atoms with Crippen LogP contribution < -0.4 is 0 Å². The molecule has 1 fully saturated rings. The maximum absolute atomic E-state index is 5.83. The minimum atomic E-state index is 0.0952. The van der Waals surface area contributed by atoms with Gasteiger partial charge in [0, 0.05) is 18.2 Å². The van der Waals surface area contributed by atoms with Gasteiger partial charge in [-0.2, -0.15) is 0 Å². The van der Waals surface area contributed by atoms with E-state index in [4.69, 9.17) is 4.74 Å². The standard InChI is InChI=1S/C19H23NO/c1-14-5-4-6-16(11-14)18-10-8-15(13-20-18)7-9-17-12-19(2,3)21-17/h4-6,8,10-11,13,17H,7,9,12H2,1-3H3. The van der Waals surface area contributed by atoms with Gasteiger partial charge in [0.2, 0.25) is 0 Å². The predicted octanol–water partition coefficient (Wildman–Crippen LogP) is 4.56. The smallest absolute Gasteiger partial charge is 0.0702 e. The average molecular weight is 281 g/mol. The summed E-state index contributed by atoms with van der Waals surface area (Å²) in [7, 11) is 0. The number of hydrogen-bond acceptors (Lipinski definition) is 2. The molecule has 3 rings (SSSR count). The van der Waals surface area contributed by atoms with Gasteiger partial charge in [-0.3, -0.25) is 4.98 Å². The number of hydrogen-bond donors (Lipinski definition) is 0. The molecule has 0 N–H and O–H groups in total. The summed E-state index contributed by atoms with van der Waals surface area (Å²) in [5.41, 5.74) is 4.88. The zero-order chi connectivity index (χ0) is 14.9. The average Bonchev–Trinajstić information content (AvgIpc) is 2.43. The molecule has 1 atom stereocenters. The fraction of sp³-hybridized carbons (Fsp3) is 0.421. The second-order valence-electron chi connectivity index (χ2n) is 6.66. The van der Waals surface area contributed by atoms with Crippen LogP contribution in [0.15, 0.2) is 42.6 Å². The molecule has 0 bridgehead atoms. The van der Waals surface area contributed by atoms with E-state index >= 15 is 0 Å². The van der Waals surface area contributed by atoms with Gasteiger partial charge in [-0.05, 0) is 51.3 Å². The number of pyridine rings is 1. The number of aromatic nitrogens is 1. The summed E-state index contributed by atoms with van der Waals surface area (Å²) >= 11 is 0. The van der Waals surface area contributed by atoms with E-state index in [1.165, 1.54) is 23.1 Å². The van der Waals surface area contributed by atoms with Crippen molar-refractivity contribution in [2.75, 3.05) is 0 Å². The first-order chi connectivity index (χ1) is 10.0. The van der Waals surface area contributed by atoms with Gasteiger partial charge >= 0.3 is 0 Å². The van der Waals surface area contributed by atoms with E-state index < -0.39 is 0 Å². The Morgan fingerprint density at radius 2 is 2.05 bits per heavy atom. The molecular weight excluding hydrogens is 258 g/mol. The minimum absolute atomic E-state index is 0.0952. The van der Waals surface area contributed by atoms with E-state index in [0.29, 0.717) is 6.10 Å². The van der Waals surface area contributed by atoms with E-state index in [2.05, 4.69) is 62.2 Å². The summed E-state index contributed by atoms with van der Waals surface area (Å²) in [5, 5.41) is 0. The number of aryl methyl sites for hydroxylation is 2. The number of rotatable bonds is 4. The fourth-order valence-electron chi connectivity index (χ4n) is 3.03. The van der Waals surface area contributed by atoms with Crippen LogP contribution in [0.4, 0.5) is 0 Å². The SMILES string of the molecule is Cc1cccc(-c2ccc(CCC3CC(C)(C)O3)cn2)c1. The van der Waals surface area contributed by atoms with Crippen molar-refractivity contribution in [3.05, 3.63) is 53.7 Å². The molecule has 1 aliphatic heterocycles. The van der Waals surface area contributed by atoms with E-state index in [1.807, 2.05) is 6.20 Å². The van der Waals surface area contributed by atoms with Crippen molar-refractivity contribution in [1.82, 2.24) is 4.98 Å². The normalized spacial score (nSPS) is 20.0. The van der Waals surface area contributed by atoms with E-state index in [9.17, 15) is 0 Å². The highest BCUT2D eigenvalue weighted by Gasteiger charge is 2.36. The second-order valence-corrected chi connectivity index (χ2v) is 6.66. The zero-order valence-corrected chi connectivity index (χ0v) is 13.1. The minimum Gasteiger partial charge on any atom is -0.372 e. The Hall–Kier alpha value is -1.67. The Morgan fingerprint density at radius 1 is 1.24 bits per heavy atom. The van der Waals surface area contributed by atoms with Crippen LogP contribution in [0.1, 0.15) is 37.8 Å². The van der Waals surface area contributed by atoms with Crippen molar-refractivity contribution < 1.29 is 4.74 Å². The van der Waals surface area contributed by atoms with E-state index in [1.54, 1.807) is 0 Å². The lowest BCUT2D eigenvalue weighted by molar-refractivity contribution is -0.185. The van der Waals surface area contributed by atoms with Crippen molar-refractivity contribution in [3.63, 3.8) is 0 Å². The Balaban J connectivity index is 1.59. The first kappa shape index (κ1) is 14.3. The first-order valence-corrected chi connectivity index (χ1v) is 7.72. The van der Waals surface area contributed by atoms with Crippen molar-refractivity contribution >= 4 is 0 Å². The summed E-state index contributed by atoms with van der Waals surface area (Å²) < 4.78 is 5.83. The lowest BCUT2D eigenvalue weighted by Gasteiger charge is -2.43.